The Hall–Kier alpha value is -2.83. The van der Waals surface area contributed by atoms with Crippen LogP contribution in [-0.4, -0.2) is 25.8 Å². The Bertz CT molecular complexity index is 1300. The quantitative estimate of drug-likeness (QED) is 0.160. The molecule has 2 aromatic carbocycles. The molecule has 2 aromatic heterocycles. The van der Waals surface area contributed by atoms with Crippen LogP contribution < -0.4 is 15.5 Å². The number of aromatic nitrogens is 2. The summed E-state index contributed by atoms with van der Waals surface area (Å²) in [6.45, 7) is 0. The molecule has 4 aromatic rings. The van der Waals surface area contributed by atoms with E-state index in [2.05, 4.69) is 20.5 Å². The lowest BCUT2D eigenvalue weighted by Gasteiger charge is -2.17. The highest BCUT2D eigenvalue weighted by atomic mass is 32.2. The third-order valence-corrected chi connectivity index (χ3v) is 7.64. The third kappa shape index (κ3) is 6.24. The van der Waals surface area contributed by atoms with Gasteiger partial charge in [0.15, 0.2) is 5.13 Å². The number of thiazole rings is 2. The minimum absolute atomic E-state index is 0.0527. The smallest absolute Gasteiger partial charge is 0.324 e. The average molecular weight is 529 g/mol. The summed E-state index contributed by atoms with van der Waals surface area (Å²) in [5.74, 6) is 1.41. The van der Waals surface area contributed by atoms with E-state index in [4.69, 9.17) is 19.3 Å². The van der Waals surface area contributed by atoms with E-state index in [-0.39, 0.29) is 6.04 Å². The molecular weight excluding hydrogens is 504 g/mol. The van der Waals surface area contributed by atoms with E-state index in [0.29, 0.717) is 18.0 Å². The van der Waals surface area contributed by atoms with Gasteiger partial charge in [-0.15, -0.1) is 27.0 Å². The summed E-state index contributed by atoms with van der Waals surface area (Å²) in [7, 11) is 1.66. The van der Waals surface area contributed by atoms with Crippen LogP contribution in [0.25, 0.3) is 11.3 Å². The topological polar surface area (TPSA) is 106 Å². The normalized spacial score (nSPS) is 14.9. The van der Waals surface area contributed by atoms with Crippen LogP contribution in [0.15, 0.2) is 59.3 Å². The van der Waals surface area contributed by atoms with Crippen molar-refractivity contribution in [2.45, 2.75) is 31.2 Å². The highest BCUT2D eigenvalue weighted by Gasteiger charge is 2.28. The molecule has 2 atom stereocenters. The Morgan fingerprint density at radius 1 is 1.14 bits per heavy atom. The molecule has 0 aliphatic heterocycles. The van der Waals surface area contributed by atoms with Crippen molar-refractivity contribution in [3.63, 3.8) is 0 Å². The van der Waals surface area contributed by atoms with Gasteiger partial charge in [0.1, 0.15) is 5.75 Å². The highest BCUT2D eigenvalue weighted by molar-refractivity contribution is 7.74. The van der Waals surface area contributed by atoms with Crippen LogP contribution >= 0.6 is 22.7 Å². The lowest BCUT2D eigenvalue weighted by Crippen LogP contribution is -2.14. The molecule has 5 rings (SSSR count). The van der Waals surface area contributed by atoms with Gasteiger partial charge in [-0.3, -0.25) is 4.55 Å². The molecule has 1 aliphatic carbocycles. The van der Waals surface area contributed by atoms with E-state index in [0.717, 1.165) is 33.4 Å². The van der Waals surface area contributed by atoms with E-state index in [1.807, 2.05) is 41.8 Å². The molecule has 1 unspecified atom stereocenters. The minimum Gasteiger partial charge on any atom is -0.497 e. The monoisotopic (exact) mass is 528 g/mol. The van der Waals surface area contributed by atoms with Crippen molar-refractivity contribution >= 4 is 44.9 Å². The summed E-state index contributed by atoms with van der Waals surface area (Å²) in [5, 5.41) is 9.81. The van der Waals surface area contributed by atoms with Crippen LogP contribution in [0.5, 0.6) is 5.75 Å². The van der Waals surface area contributed by atoms with Crippen molar-refractivity contribution in [2.24, 2.45) is 0 Å². The number of anilines is 2. The minimum atomic E-state index is -2.38. The molecule has 0 spiro atoms. The van der Waals surface area contributed by atoms with Crippen molar-refractivity contribution in [3.05, 3.63) is 75.6 Å². The summed E-state index contributed by atoms with van der Waals surface area (Å²) >= 11 is 0.909. The summed E-state index contributed by atoms with van der Waals surface area (Å²) in [5.41, 5.74) is 7.04. The second-order valence-electron chi connectivity index (χ2n) is 8.16. The number of methoxy groups -OCH3 is 1. The molecule has 3 N–H and O–H groups in total. The first kappa shape index (κ1) is 23.9. The second-order valence-corrected chi connectivity index (χ2v) is 10.5. The highest BCUT2D eigenvalue weighted by Crippen LogP contribution is 2.42. The summed E-state index contributed by atoms with van der Waals surface area (Å²) in [6, 6.07) is 15.3. The zero-order chi connectivity index (χ0) is 24.2. The van der Waals surface area contributed by atoms with Gasteiger partial charge < -0.3 is 10.1 Å². The van der Waals surface area contributed by atoms with Crippen LogP contribution in [0.4, 0.5) is 10.8 Å². The first-order valence-corrected chi connectivity index (χ1v) is 13.8. The Labute approximate surface area is 213 Å². The van der Waals surface area contributed by atoms with E-state index in [1.165, 1.54) is 17.8 Å². The van der Waals surface area contributed by atoms with Gasteiger partial charge in [0.25, 0.3) is 0 Å². The van der Waals surface area contributed by atoms with Crippen molar-refractivity contribution in [2.75, 3.05) is 17.9 Å². The number of hydrogen-bond acceptors (Lipinski definition) is 9. The summed E-state index contributed by atoms with van der Waals surface area (Å²) < 4.78 is 29.3. The SMILES string of the molecule is COc1cccc(-c2csc(N[C@@H](Cc3ccc(NOS(=O)O)cc3)c3csc(C4CC4)n3)n2)c1. The number of rotatable bonds is 11. The lowest BCUT2D eigenvalue weighted by molar-refractivity contribution is 0.373. The van der Waals surface area contributed by atoms with Crippen LogP contribution in [0.3, 0.4) is 0 Å². The van der Waals surface area contributed by atoms with Gasteiger partial charge in [0.05, 0.1) is 35.2 Å². The maximum Gasteiger partial charge on any atom is 0.324 e. The van der Waals surface area contributed by atoms with E-state index in [9.17, 15) is 4.21 Å². The fraction of sp³-hybridized carbons (Fsp3) is 0.250. The molecule has 0 radical (unpaired) electrons. The van der Waals surface area contributed by atoms with E-state index in [1.54, 1.807) is 41.9 Å². The molecule has 0 saturated heterocycles. The number of nitrogens with zero attached hydrogens (tertiary/aromatic N) is 2. The first-order valence-electron chi connectivity index (χ1n) is 11.0. The van der Waals surface area contributed by atoms with Crippen molar-refractivity contribution in [1.29, 1.82) is 0 Å². The third-order valence-electron chi connectivity index (χ3n) is 5.62. The molecule has 0 bridgehead atoms. The predicted molar refractivity (Wildman–Crippen MR) is 140 cm³/mol. The molecule has 1 aliphatic rings. The molecule has 11 heteroatoms. The molecule has 1 saturated carbocycles. The fourth-order valence-corrected chi connectivity index (χ4v) is 5.63. The molecule has 0 amide bonds. The van der Waals surface area contributed by atoms with Crippen molar-refractivity contribution in [1.82, 2.24) is 9.97 Å². The average Bonchev–Trinajstić information content (AvgIpc) is 3.41. The first-order chi connectivity index (χ1) is 17.1. The van der Waals surface area contributed by atoms with Gasteiger partial charge in [0.2, 0.25) is 0 Å². The van der Waals surface area contributed by atoms with Crippen LogP contribution in [0.1, 0.15) is 41.1 Å². The molecule has 2 heterocycles. The van der Waals surface area contributed by atoms with Crippen LogP contribution in [0.2, 0.25) is 0 Å². The van der Waals surface area contributed by atoms with Crippen LogP contribution in [0, 0.1) is 0 Å². The molecule has 182 valence electrons. The number of nitrogens with one attached hydrogen (secondary N) is 2. The van der Waals surface area contributed by atoms with E-state index >= 15 is 0 Å². The van der Waals surface area contributed by atoms with Gasteiger partial charge >= 0.3 is 11.4 Å². The Balaban J connectivity index is 1.35. The van der Waals surface area contributed by atoms with Gasteiger partial charge in [-0.05, 0) is 49.1 Å². The van der Waals surface area contributed by atoms with E-state index < -0.39 is 11.4 Å². The Morgan fingerprint density at radius 2 is 1.97 bits per heavy atom. The van der Waals surface area contributed by atoms with Crippen LogP contribution in [-0.2, 0) is 22.1 Å². The fourth-order valence-electron chi connectivity index (χ4n) is 3.64. The molecule has 35 heavy (non-hydrogen) atoms. The summed E-state index contributed by atoms with van der Waals surface area (Å²) in [4.78, 5) is 9.76. The lowest BCUT2D eigenvalue weighted by atomic mass is 10.0. The van der Waals surface area contributed by atoms with Crippen molar-refractivity contribution < 1.29 is 17.8 Å². The molecule has 8 nitrogen and oxygen atoms in total. The predicted octanol–water partition coefficient (Wildman–Crippen LogP) is 6.03. The maximum absolute atomic E-state index is 10.7. The van der Waals surface area contributed by atoms with Gasteiger partial charge in [-0.2, -0.15) is 4.21 Å². The second kappa shape index (κ2) is 10.8. The summed E-state index contributed by atoms with van der Waals surface area (Å²) in [6.07, 6.45) is 3.14. The Morgan fingerprint density at radius 3 is 2.71 bits per heavy atom. The number of benzene rings is 2. The standard InChI is InChI=1S/C24H24N4O4S3/c1-31-19-4-2-3-17(12-19)21-13-34-24(27-21)26-20(22-14-33-23(25-22)16-7-8-16)11-15-5-9-18(10-6-15)28-32-35(29)30/h2-6,9-10,12-14,16,20,28H,7-8,11H2,1H3,(H,26,27)(H,29,30)/t20-/m0/s1. The number of hydrogen-bond donors (Lipinski definition) is 3. The maximum atomic E-state index is 10.7. The molecule has 1 fully saturated rings. The zero-order valence-corrected chi connectivity index (χ0v) is 21.3. The van der Waals surface area contributed by atoms with Gasteiger partial charge in [-0.1, -0.05) is 24.3 Å². The molecular formula is C24H24N4O4S3. The largest absolute Gasteiger partial charge is 0.497 e. The number of ether oxygens (including phenoxy) is 1. The van der Waals surface area contributed by atoms with Gasteiger partial charge in [-0.25, -0.2) is 15.4 Å². The van der Waals surface area contributed by atoms with Crippen molar-refractivity contribution in [3.8, 4) is 17.0 Å². The van der Waals surface area contributed by atoms with Gasteiger partial charge in [0, 0.05) is 22.2 Å². The Kier molecular flexibility index (Phi) is 7.40. The zero-order valence-electron chi connectivity index (χ0n) is 18.8.